The molecule has 0 atom stereocenters. The molecule has 7 heteroatoms. The number of fused-ring (bicyclic) bond motifs is 1. The van der Waals surface area contributed by atoms with Crippen molar-refractivity contribution in [2.45, 2.75) is 19.8 Å². The van der Waals surface area contributed by atoms with Gasteiger partial charge in [-0.3, -0.25) is 19.2 Å². The average Bonchev–Trinajstić information content (AvgIpc) is 2.76. The van der Waals surface area contributed by atoms with Crippen molar-refractivity contribution in [3.05, 3.63) is 72.3 Å². The van der Waals surface area contributed by atoms with Crippen LogP contribution >= 0.6 is 0 Å². The Kier molecular flexibility index (Phi) is 7.11. The summed E-state index contributed by atoms with van der Waals surface area (Å²) in [4.78, 5) is 47.4. The van der Waals surface area contributed by atoms with Crippen molar-refractivity contribution in [3.8, 4) is 0 Å². The summed E-state index contributed by atoms with van der Waals surface area (Å²) in [5.74, 6) is -1.62. The average molecular weight is 418 g/mol. The first-order chi connectivity index (χ1) is 14.9. The fourth-order valence-corrected chi connectivity index (χ4v) is 2.99. The molecule has 158 valence electrons. The lowest BCUT2D eigenvalue weighted by Crippen LogP contribution is -2.22. The van der Waals surface area contributed by atoms with E-state index < -0.39 is 24.4 Å². The lowest BCUT2D eigenvalue weighted by atomic mass is 10.1. The Labute approximate surface area is 179 Å². The Balaban J connectivity index is 1.43. The third kappa shape index (κ3) is 6.24. The van der Waals surface area contributed by atoms with Crippen molar-refractivity contribution in [3.63, 3.8) is 0 Å². The van der Waals surface area contributed by atoms with Gasteiger partial charge in [-0.1, -0.05) is 48.5 Å². The van der Waals surface area contributed by atoms with E-state index >= 15 is 0 Å². The second-order valence-electron chi connectivity index (χ2n) is 6.92. The summed E-state index contributed by atoms with van der Waals surface area (Å²) in [6, 6.07) is 19.7. The van der Waals surface area contributed by atoms with Crippen LogP contribution in [0.15, 0.2) is 66.7 Å². The van der Waals surface area contributed by atoms with Crippen LogP contribution in [-0.4, -0.2) is 30.2 Å². The summed E-state index contributed by atoms with van der Waals surface area (Å²) in [5, 5.41) is 7.23. The number of hydrogen-bond acceptors (Lipinski definition) is 5. The smallest absolute Gasteiger partial charge is 0.306 e. The number of carbonyl (C=O) groups excluding carboxylic acids is 4. The van der Waals surface area contributed by atoms with Gasteiger partial charge in [0.05, 0.1) is 6.42 Å². The normalized spacial score (nSPS) is 10.4. The van der Waals surface area contributed by atoms with Gasteiger partial charge in [0.2, 0.25) is 5.91 Å². The van der Waals surface area contributed by atoms with Gasteiger partial charge in [0.15, 0.2) is 12.4 Å². The maximum absolute atomic E-state index is 12.1. The molecule has 0 heterocycles. The van der Waals surface area contributed by atoms with Crippen LogP contribution in [0.1, 0.15) is 30.1 Å². The van der Waals surface area contributed by atoms with Crippen molar-refractivity contribution in [2.24, 2.45) is 0 Å². The van der Waals surface area contributed by atoms with Crippen LogP contribution in [0.2, 0.25) is 0 Å². The van der Waals surface area contributed by atoms with Gasteiger partial charge >= 0.3 is 5.97 Å². The lowest BCUT2D eigenvalue weighted by Gasteiger charge is -2.09. The first-order valence-corrected chi connectivity index (χ1v) is 9.76. The van der Waals surface area contributed by atoms with E-state index in [1.807, 2.05) is 36.4 Å². The number of esters is 1. The topological polar surface area (TPSA) is 102 Å². The van der Waals surface area contributed by atoms with Crippen LogP contribution in [0, 0.1) is 0 Å². The molecular formula is C24H22N2O5. The van der Waals surface area contributed by atoms with E-state index in [-0.39, 0.29) is 18.6 Å². The third-order valence-electron chi connectivity index (χ3n) is 4.54. The number of ether oxygens (including phenoxy) is 1. The summed E-state index contributed by atoms with van der Waals surface area (Å²) < 4.78 is 4.96. The molecule has 0 radical (unpaired) electrons. The molecule has 3 rings (SSSR count). The molecule has 0 aliphatic heterocycles. The van der Waals surface area contributed by atoms with Crippen molar-refractivity contribution in [1.29, 1.82) is 0 Å². The Morgan fingerprint density at radius 2 is 1.55 bits per heavy atom. The van der Waals surface area contributed by atoms with Crippen LogP contribution in [0.25, 0.3) is 10.8 Å². The number of benzene rings is 3. The lowest BCUT2D eigenvalue weighted by molar-refractivity contribution is -0.147. The maximum Gasteiger partial charge on any atom is 0.306 e. The van der Waals surface area contributed by atoms with Gasteiger partial charge in [-0.25, -0.2) is 0 Å². The molecule has 31 heavy (non-hydrogen) atoms. The minimum atomic E-state index is -0.652. The van der Waals surface area contributed by atoms with Crippen molar-refractivity contribution in [1.82, 2.24) is 0 Å². The number of ketones is 1. The molecule has 3 aromatic rings. The molecule has 2 amide bonds. The minimum absolute atomic E-state index is 0.103. The monoisotopic (exact) mass is 418 g/mol. The molecule has 0 saturated heterocycles. The van der Waals surface area contributed by atoms with E-state index in [0.29, 0.717) is 16.9 Å². The molecule has 0 aromatic heterocycles. The van der Waals surface area contributed by atoms with Crippen LogP contribution in [0.4, 0.5) is 11.4 Å². The standard InChI is InChI=1S/C24H22N2O5/c1-16(27)18-8-4-9-19(14-18)25-22(28)12-13-24(30)31-15-23(29)26-21-11-5-7-17-6-2-3-10-20(17)21/h2-11,14H,12-13,15H2,1H3,(H,25,28)(H,26,29). The number of rotatable bonds is 8. The highest BCUT2D eigenvalue weighted by Gasteiger charge is 2.12. The Morgan fingerprint density at radius 3 is 2.35 bits per heavy atom. The highest BCUT2D eigenvalue weighted by atomic mass is 16.5. The van der Waals surface area contributed by atoms with E-state index in [2.05, 4.69) is 10.6 Å². The summed E-state index contributed by atoms with van der Waals surface area (Å²) in [6.07, 6.45) is -0.270. The molecule has 3 aromatic carbocycles. The SMILES string of the molecule is CC(=O)c1cccc(NC(=O)CCC(=O)OCC(=O)Nc2cccc3ccccc23)c1. The summed E-state index contributed by atoms with van der Waals surface area (Å²) in [6.45, 7) is 0.998. The van der Waals surface area contributed by atoms with Crippen molar-refractivity contribution >= 4 is 45.7 Å². The zero-order valence-corrected chi connectivity index (χ0v) is 17.0. The van der Waals surface area contributed by atoms with E-state index in [1.54, 1.807) is 30.3 Å². The van der Waals surface area contributed by atoms with Gasteiger partial charge in [-0.2, -0.15) is 0 Å². The van der Waals surface area contributed by atoms with E-state index in [1.165, 1.54) is 6.92 Å². The number of hydrogen-bond donors (Lipinski definition) is 2. The summed E-state index contributed by atoms with van der Waals surface area (Å²) in [7, 11) is 0. The highest BCUT2D eigenvalue weighted by molar-refractivity contribution is 6.03. The summed E-state index contributed by atoms with van der Waals surface area (Å²) >= 11 is 0. The van der Waals surface area contributed by atoms with Gasteiger partial charge in [-0.05, 0) is 30.5 Å². The van der Waals surface area contributed by atoms with Crippen molar-refractivity contribution < 1.29 is 23.9 Å². The Bertz CT molecular complexity index is 1130. The van der Waals surface area contributed by atoms with Gasteiger partial charge in [-0.15, -0.1) is 0 Å². The second kappa shape index (κ2) is 10.2. The molecule has 0 fully saturated rings. The number of anilines is 2. The van der Waals surface area contributed by atoms with E-state index in [4.69, 9.17) is 4.74 Å². The predicted molar refractivity (Wildman–Crippen MR) is 118 cm³/mol. The second-order valence-corrected chi connectivity index (χ2v) is 6.92. The van der Waals surface area contributed by atoms with E-state index in [0.717, 1.165) is 10.8 Å². The molecule has 0 aliphatic carbocycles. The largest absolute Gasteiger partial charge is 0.456 e. The highest BCUT2D eigenvalue weighted by Crippen LogP contribution is 2.22. The molecule has 0 unspecified atom stereocenters. The molecular weight excluding hydrogens is 396 g/mol. The first-order valence-electron chi connectivity index (χ1n) is 9.76. The van der Waals surface area contributed by atoms with Gasteiger partial charge in [0.1, 0.15) is 0 Å². The van der Waals surface area contributed by atoms with Gasteiger partial charge in [0.25, 0.3) is 5.91 Å². The van der Waals surface area contributed by atoms with Gasteiger partial charge < -0.3 is 15.4 Å². The Morgan fingerprint density at radius 1 is 0.806 bits per heavy atom. The predicted octanol–water partition coefficient (Wildman–Crippen LogP) is 3.94. The van der Waals surface area contributed by atoms with Crippen LogP contribution in [0.3, 0.4) is 0 Å². The fourth-order valence-electron chi connectivity index (χ4n) is 2.99. The number of amides is 2. The minimum Gasteiger partial charge on any atom is -0.456 e. The summed E-state index contributed by atoms with van der Waals surface area (Å²) in [5.41, 5.74) is 1.58. The van der Waals surface area contributed by atoms with Crippen molar-refractivity contribution in [2.75, 3.05) is 17.2 Å². The zero-order chi connectivity index (χ0) is 22.2. The van der Waals surface area contributed by atoms with Gasteiger partial charge in [0, 0.05) is 28.7 Å². The maximum atomic E-state index is 12.1. The van der Waals surface area contributed by atoms with Crippen LogP contribution in [-0.2, 0) is 19.1 Å². The molecule has 2 N–H and O–H groups in total. The molecule has 0 aliphatic rings. The molecule has 0 bridgehead atoms. The third-order valence-corrected chi connectivity index (χ3v) is 4.54. The fraction of sp³-hybridized carbons (Fsp3) is 0.167. The molecule has 7 nitrogen and oxygen atoms in total. The Hall–Kier alpha value is -4.00. The molecule has 0 spiro atoms. The van der Waals surface area contributed by atoms with E-state index in [9.17, 15) is 19.2 Å². The number of carbonyl (C=O) groups is 4. The van der Waals surface area contributed by atoms with Crippen LogP contribution in [0.5, 0.6) is 0 Å². The first kappa shape index (κ1) is 21.7. The molecule has 0 saturated carbocycles. The quantitative estimate of drug-likeness (QED) is 0.426. The number of Topliss-reactive ketones (excluding diaryl/α,β-unsaturated/α-hetero) is 1. The zero-order valence-electron chi connectivity index (χ0n) is 17.0. The van der Waals surface area contributed by atoms with Crippen LogP contribution < -0.4 is 10.6 Å². The number of nitrogens with one attached hydrogen (secondary N) is 2.